The Bertz CT molecular complexity index is 700. The minimum absolute atomic E-state index is 0.116. The van der Waals surface area contributed by atoms with Crippen LogP contribution in [0.3, 0.4) is 0 Å². The van der Waals surface area contributed by atoms with Gasteiger partial charge in [-0.1, -0.05) is 36.4 Å². The SMILES string of the molecule is COc1ccc(C(O)CNC(=O)C2NCCc3ccccc32)cc1. The third-order valence-corrected chi connectivity index (χ3v) is 4.34. The van der Waals surface area contributed by atoms with Crippen molar-refractivity contribution in [3.63, 3.8) is 0 Å². The molecule has 24 heavy (non-hydrogen) atoms. The lowest BCUT2D eigenvalue weighted by atomic mass is 9.94. The number of ether oxygens (including phenoxy) is 1. The number of nitrogens with one attached hydrogen (secondary N) is 2. The summed E-state index contributed by atoms with van der Waals surface area (Å²) >= 11 is 0. The number of fused-ring (bicyclic) bond motifs is 1. The van der Waals surface area contributed by atoms with Crippen LogP contribution in [0.15, 0.2) is 48.5 Å². The summed E-state index contributed by atoms with van der Waals surface area (Å²) in [5, 5.41) is 16.3. The van der Waals surface area contributed by atoms with Crippen LogP contribution in [-0.4, -0.2) is 31.2 Å². The minimum Gasteiger partial charge on any atom is -0.497 e. The zero-order valence-corrected chi connectivity index (χ0v) is 13.7. The summed E-state index contributed by atoms with van der Waals surface area (Å²) in [7, 11) is 1.60. The van der Waals surface area contributed by atoms with Crippen LogP contribution in [-0.2, 0) is 11.2 Å². The number of aliphatic hydroxyl groups is 1. The van der Waals surface area contributed by atoms with Crippen molar-refractivity contribution in [1.29, 1.82) is 0 Å². The molecule has 2 atom stereocenters. The van der Waals surface area contributed by atoms with E-state index in [4.69, 9.17) is 4.74 Å². The summed E-state index contributed by atoms with van der Waals surface area (Å²) < 4.78 is 5.10. The van der Waals surface area contributed by atoms with Gasteiger partial charge in [0.1, 0.15) is 11.8 Å². The summed E-state index contributed by atoms with van der Waals surface area (Å²) in [6.07, 6.45) is 0.174. The van der Waals surface area contributed by atoms with Crippen LogP contribution in [0.4, 0.5) is 0 Å². The predicted octanol–water partition coefficient (Wildman–Crippen LogP) is 1.73. The van der Waals surface area contributed by atoms with E-state index in [2.05, 4.69) is 16.7 Å². The maximum atomic E-state index is 12.5. The highest BCUT2D eigenvalue weighted by Crippen LogP contribution is 2.23. The number of benzene rings is 2. The minimum atomic E-state index is -0.751. The zero-order valence-electron chi connectivity index (χ0n) is 13.7. The van der Waals surface area contributed by atoms with Crippen molar-refractivity contribution in [1.82, 2.24) is 10.6 Å². The van der Waals surface area contributed by atoms with E-state index in [9.17, 15) is 9.90 Å². The summed E-state index contributed by atoms with van der Waals surface area (Å²) in [6, 6.07) is 14.8. The van der Waals surface area contributed by atoms with Gasteiger partial charge in [-0.15, -0.1) is 0 Å². The molecule has 2 aromatic rings. The molecular formula is C19H22N2O3. The monoisotopic (exact) mass is 326 g/mol. The number of carbonyl (C=O) groups excluding carboxylic acids is 1. The van der Waals surface area contributed by atoms with Gasteiger partial charge in [0.15, 0.2) is 0 Å². The van der Waals surface area contributed by atoms with Crippen LogP contribution < -0.4 is 15.4 Å². The molecule has 1 heterocycles. The normalized spacial score (nSPS) is 17.7. The van der Waals surface area contributed by atoms with Crippen LogP contribution in [0, 0.1) is 0 Å². The number of rotatable bonds is 5. The molecule has 0 saturated carbocycles. The van der Waals surface area contributed by atoms with Crippen molar-refractivity contribution >= 4 is 5.91 Å². The van der Waals surface area contributed by atoms with Gasteiger partial charge in [-0.05, 0) is 35.2 Å². The number of hydrogen-bond acceptors (Lipinski definition) is 4. The molecular weight excluding hydrogens is 304 g/mol. The molecule has 2 aromatic carbocycles. The van der Waals surface area contributed by atoms with Crippen LogP contribution in [0.1, 0.15) is 28.8 Å². The lowest BCUT2D eigenvalue weighted by Crippen LogP contribution is -2.42. The molecule has 2 unspecified atom stereocenters. The van der Waals surface area contributed by atoms with E-state index in [1.54, 1.807) is 31.4 Å². The quantitative estimate of drug-likeness (QED) is 0.783. The average Bonchev–Trinajstić information content (AvgIpc) is 2.65. The van der Waals surface area contributed by atoms with Gasteiger partial charge in [0, 0.05) is 13.1 Å². The van der Waals surface area contributed by atoms with Crippen molar-refractivity contribution in [3.05, 3.63) is 65.2 Å². The van der Waals surface area contributed by atoms with Gasteiger partial charge in [0.2, 0.25) is 5.91 Å². The lowest BCUT2D eigenvalue weighted by molar-refractivity contribution is -0.123. The van der Waals surface area contributed by atoms with Crippen molar-refractivity contribution in [2.75, 3.05) is 20.2 Å². The fourth-order valence-corrected chi connectivity index (χ4v) is 2.98. The number of carbonyl (C=O) groups is 1. The Labute approximate surface area is 141 Å². The van der Waals surface area contributed by atoms with Crippen molar-refractivity contribution in [2.24, 2.45) is 0 Å². The Morgan fingerprint density at radius 2 is 2.04 bits per heavy atom. The molecule has 0 bridgehead atoms. The average molecular weight is 326 g/mol. The second-order valence-electron chi connectivity index (χ2n) is 5.87. The lowest BCUT2D eigenvalue weighted by Gasteiger charge is -2.26. The fraction of sp³-hybridized carbons (Fsp3) is 0.316. The molecule has 5 heteroatoms. The van der Waals surface area contributed by atoms with Gasteiger partial charge in [0.25, 0.3) is 0 Å². The topological polar surface area (TPSA) is 70.6 Å². The van der Waals surface area contributed by atoms with Gasteiger partial charge < -0.3 is 20.5 Å². The van der Waals surface area contributed by atoms with E-state index >= 15 is 0 Å². The molecule has 0 aliphatic carbocycles. The number of methoxy groups -OCH3 is 1. The zero-order chi connectivity index (χ0) is 16.9. The Morgan fingerprint density at radius 1 is 1.29 bits per heavy atom. The highest BCUT2D eigenvalue weighted by atomic mass is 16.5. The number of aliphatic hydroxyl groups excluding tert-OH is 1. The summed E-state index contributed by atoms with van der Waals surface area (Å²) in [5.41, 5.74) is 2.96. The first-order valence-corrected chi connectivity index (χ1v) is 8.10. The largest absolute Gasteiger partial charge is 0.497 e. The van der Waals surface area contributed by atoms with E-state index in [-0.39, 0.29) is 18.5 Å². The van der Waals surface area contributed by atoms with Gasteiger partial charge in [0.05, 0.1) is 13.2 Å². The van der Waals surface area contributed by atoms with E-state index in [0.717, 1.165) is 29.8 Å². The number of hydrogen-bond donors (Lipinski definition) is 3. The molecule has 0 saturated heterocycles. The summed E-state index contributed by atoms with van der Waals surface area (Å²) in [4.78, 5) is 12.5. The highest BCUT2D eigenvalue weighted by molar-refractivity contribution is 5.84. The van der Waals surface area contributed by atoms with Gasteiger partial charge >= 0.3 is 0 Å². The summed E-state index contributed by atoms with van der Waals surface area (Å²) in [6.45, 7) is 0.946. The summed E-state index contributed by atoms with van der Waals surface area (Å²) in [5.74, 6) is 0.618. The van der Waals surface area contributed by atoms with E-state index in [1.807, 2.05) is 18.2 Å². The molecule has 0 radical (unpaired) electrons. The molecule has 0 spiro atoms. The third-order valence-electron chi connectivity index (χ3n) is 4.34. The second-order valence-corrected chi connectivity index (χ2v) is 5.87. The molecule has 5 nitrogen and oxygen atoms in total. The number of amides is 1. The predicted molar refractivity (Wildman–Crippen MR) is 91.9 cm³/mol. The van der Waals surface area contributed by atoms with Crippen molar-refractivity contribution < 1.29 is 14.6 Å². The van der Waals surface area contributed by atoms with E-state index < -0.39 is 6.10 Å². The molecule has 3 rings (SSSR count). The molecule has 1 amide bonds. The molecule has 1 aliphatic rings. The van der Waals surface area contributed by atoms with Gasteiger partial charge in [-0.3, -0.25) is 4.79 Å². The Kier molecular flexibility index (Phi) is 5.13. The highest BCUT2D eigenvalue weighted by Gasteiger charge is 2.25. The molecule has 126 valence electrons. The third kappa shape index (κ3) is 3.58. The Balaban J connectivity index is 1.61. The molecule has 0 aromatic heterocycles. The molecule has 0 fully saturated rings. The molecule has 3 N–H and O–H groups in total. The van der Waals surface area contributed by atoms with E-state index in [1.165, 1.54) is 5.56 Å². The first kappa shape index (κ1) is 16.5. The first-order chi connectivity index (χ1) is 11.7. The second kappa shape index (κ2) is 7.47. The van der Waals surface area contributed by atoms with Crippen molar-refractivity contribution in [2.45, 2.75) is 18.6 Å². The van der Waals surface area contributed by atoms with Crippen LogP contribution in [0.2, 0.25) is 0 Å². The molecule has 1 aliphatic heterocycles. The smallest absolute Gasteiger partial charge is 0.241 e. The van der Waals surface area contributed by atoms with Crippen LogP contribution in [0.25, 0.3) is 0 Å². The van der Waals surface area contributed by atoms with Gasteiger partial charge in [-0.25, -0.2) is 0 Å². The Morgan fingerprint density at radius 3 is 2.79 bits per heavy atom. The van der Waals surface area contributed by atoms with Gasteiger partial charge in [-0.2, -0.15) is 0 Å². The van der Waals surface area contributed by atoms with Crippen LogP contribution >= 0.6 is 0 Å². The standard InChI is InChI=1S/C19H22N2O3/c1-24-15-8-6-14(7-9-15)17(22)12-21-19(23)18-16-5-3-2-4-13(16)10-11-20-18/h2-9,17-18,20,22H,10-12H2,1H3,(H,21,23). The Hall–Kier alpha value is -2.37. The van der Waals surface area contributed by atoms with Crippen molar-refractivity contribution in [3.8, 4) is 5.75 Å². The maximum absolute atomic E-state index is 12.5. The first-order valence-electron chi connectivity index (χ1n) is 8.10. The van der Waals surface area contributed by atoms with Crippen LogP contribution in [0.5, 0.6) is 5.75 Å². The van der Waals surface area contributed by atoms with E-state index in [0.29, 0.717) is 0 Å². The fourth-order valence-electron chi connectivity index (χ4n) is 2.98. The maximum Gasteiger partial charge on any atom is 0.241 e.